The Balaban J connectivity index is 1.50. The molecule has 0 bridgehead atoms. The fourth-order valence-corrected chi connectivity index (χ4v) is 5.57. The number of hydrogen-bond donors (Lipinski definition) is 1. The van der Waals surface area contributed by atoms with Gasteiger partial charge in [-0.2, -0.15) is 0 Å². The van der Waals surface area contributed by atoms with Crippen LogP contribution in [0.15, 0.2) is 60.8 Å². The van der Waals surface area contributed by atoms with Crippen LogP contribution in [0.1, 0.15) is 63.0 Å². The van der Waals surface area contributed by atoms with Crippen molar-refractivity contribution in [3.8, 4) is 22.6 Å². The number of Topliss-reactive ketones (excluding diaryl/α,β-unsaturated/α-hetero) is 1. The lowest BCUT2D eigenvalue weighted by Gasteiger charge is -2.46. The summed E-state index contributed by atoms with van der Waals surface area (Å²) in [4.78, 5) is 17.5. The average molecular weight is 477 g/mol. The molecule has 34 heavy (non-hydrogen) atoms. The highest BCUT2D eigenvalue weighted by Gasteiger charge is 2.38. The summed E-state index contributed by atoms with van der Waals surface area (Å²) in [5.74, 6) is 1.67. The number of halogens is 1. The predicted octanol–water partition coefficient (Wildman–Crippen LogP) is 7.63. The molecule has 0 unspecified atom stereocenters. The summed E-state index contributed by atoms with van der Waals surface area (Å²) in [5.41, 5.74) is 3.52. The standard InChI is InChI=1S/C29H33ClN2O2/c1-19-10-11-22(18-31-19)23-8-6-7-9-26(23)34-27-13-12-21(15-24(27)30)25(33)14-20-16-28(2,3)32-29(4,5)17-20/h6-13,15,18,20,32H,14,16-17H2,1-5H3. The van der Waals surface area contributed by atoms with Crippen molar-refractivity contribution in [2.45, 2.75) is 65.0 Å². The van der Waals surface area contributed by atoms with Crippen LogP contribution in [0, 0.1) is 12.8 Å². The van der Waals surface area contributed by atoms with Gasteiger partial charge in [-0.05, 0) is 83.7 Å². The number of carbonyl (C=O) groups is 1. The second-order valence-electron chi connectivity index (χ2n) is 10.7. The Morgan fingerprint density at radius 1 is 1.03 bits per heavy atom. The molecule has 0 saturated carbocycles. The first-order chi connectivity index (χ1) is 16.0. The minimum Gasteiger partial charge on any atom is -0.455 e. The zero-order valence-corrected chi connectivity index (χ0v) is 21.4. The molecule has 2 heterocycles. The van der Waals surface area contributed by atoms with Crippen molar-refractivity contribution in [1.29, 1.82) is 0 Å². The molecule has 4 rings (SSSR count). The minimum absolute atomic E-state index is 0.0163. The number of hydrogen-bond acceptors (Lipinski definition) is 4. The predicted molar refractivity (Wildman–Crippen MR) is 139 cm³/mol. The first-order valence-electron chi connectivity index (χ1n) is 11.8. The summed E-state index contributed by atoms with van der Waals surface area (Å²) in [6, 6.07) is 17.1. The van der Waals surface area contributed by atoms with E-state index in [2.05, 4.69) is 38.0 Å². The smallest absolute Gasteiger partial charge is 0.163 e. The summed E-state index contributed by atoms with van der Waals surface area (Å²) in [7, 11) is 0. The number of nitrogens with one attached hydrogen (secondary N) is 1. The van der Waals surface area contributed by atoms with Crippen molar-refractivity contribution in [1.82, 2.24) is 10.3 Å². The summed E-state index contributed by atoms with van der Waals surface area (Å²) >= 11 is 6.58. The molecule has 1 saturated heterocycles. The maximum Gasteiger partial charge on any atom is 0.163 e. The van der Waals surface area contributed by atoms with Gasteiger partial charge in [-0.3, -0.25) is 9.78 Å². The summed E-state index contributed by atoms with van der Waals surface area (Å²) < 4.78 is 6.18. The van der Waals surface area contributed by atoms with Gasteiger partial charge < -0.3 is 10.1 Å². The van der Waals surface area contributed by atoms with E-state index in [-0.39, 0.29) is 16.9 Å². The van der Waals surface area contributed by atoms with Crippen LogP contribution >= 0.6 is 11.6 Å². The zero-order chi connectivity index (χ0) is 24.5. The molecule has 5 heteroatoms. The van der Waals surface area contributed by atoms with E-state index >= 15 is 0 Å². The second-order valence-corrected chi connectivity index (χ2v) is 11.1. The Morgan fingerprint density at radius 2 is 1.74 bits per heavy atom. The van der Waals surface area contributed by atoms with E-state index < -0.39 is 0 Å². The maximum absolute atomic E-state index is 13.1. The molecule has 1 aromatic heterocycles. The third kappa shape index (κ3) is 5.86. The fourth-order valence-electron chi connectivity index (χ4n) is 5.35. The maximum atomic E-state index is 13.1. The number of benzene rings is 2. The Hall–Kier alpha value is -2.69. The highest BCUT2D eigenvalue weighted by Crippen LogP contribution is 2.38. The molecule has 178 valence electrons. The minimum atomic E-state index is 0.0163. The van der Waals surface area contributed by atoms with Gasteiger partial charge in [0.1, 0.15) is 11.5 Å². The topological polar surface area (TPSA) is 51.2 Å². The van der Waals surface area contributed by atoms with Crippen LogP contribution in [0.25, 0.3) is 11.1 Å². The SMILES string of the molecule is Cc1ccc(-c2ccccc2Oc2ccc(C(=O)CC3CC(C)(C)NC(C)(C)C3)cc2Cl)cn1. The molecule has 1 aliphatic heterocycles. The van der Waals surface area contributed by atoms with E-state index in [4.69, 9.17) is 16.3 Å². The molecule has 0 spiro atoms. The van der Waals surface area contributed by atoms with Gasteiger partial charge in [0, 0.05) is 46.1 Å². The summed E-state index contributed by atoms with van der Waals surface area (Å²) in [6.07, 6.45) is 4.31. The molecule has 0 radical (unpaired) electrons. The molecular weight excluding hydrogens is 444 g/mol. The number of piperidine rings is 1. The lowest BCUT2D eigenvalue weighted by Crippen LogP contribution is -2.57. The highest BCUT2D eigenvalue weighted by molar-refractivity contribution is 6.32. The Bertz CT molecular complexity index is 1170. The number of nitrogens with zero attached hydrogens (tertiary/aromatic N) is 1. The molecule has 4 nitrogen and oxygen atoms in total. The van der Waals surface area contributed by atoms with Crippen LogP contribution in [0.5, 0.6) is 11.5 Å². The van der Waals surface area contributed by atoms with Crippen LogP contribution in [0.4, 0.5) is 0 Å². The highest BCUT2D eigenvalue weighted by atomic mass is 35.5. The Labute approximate surface area is 207 Å². The lowest BCUT2D eigenvalue weighted by atomic mass is 9.74. The average Bonchev–Trinajstić information content (AvgIpc) is 2.74. The Morgan fingerprint density at radius 3 is 2.38 bits per heavy atom. The number of ketones is 1. The van der Waals surface area contributed by atoms with Crippen molar-refractivity contribution >= 4 is 17.4 Å². The van der Waals surface area contributed by atoms with E-state index in [1.54, 1.807) is 12.1 Å². The van der Waals surface area contributed by atoms with E-state index in [0.29, 0.717) is 34.4 Å². The molecule has 1 aliphatic rings. The van der Waals surface area contributed by atoms with Crippen LogP contribution in [0.2, 0.25) is 5.02 Å². The third-order valence-corrected chi connectivity index (χ3v) is 6.63. The van der Waals surface area contributed by atoms with E-state index in [9.17, 15) is 4.79 Å². The van der Waals surface area contributed by atoms with E-state index in [1.807, 2.05) is 55.6 Å². The van der Waals surface area contributed by atoms with Gasteiger partial charge in [0.15, 0.2) is 5.78 Å². The number of pyridine rings is 1. The van der Waals surface area contributed by atoms with E-state index in [1.165, 1.54) is 0 Å². The van der Waals surface area contributed by atoms with Gasteiger partial charge in [0.05, 0.1) is 5.02 Å². The first-order valence-corrected chi connectivity index (χ1v) is 12.2. The summed E-state index contributed by atoms with van der Waals surface area (Å²) in [5, 5.41) is 4.11. The van der Waals surface area contributed by atoms with Gasteiger partial charge in [-0.1, -0.05) is 35.9 Å². The second kappa shape index (κ2) is 9.52. The number of aromatic nitrogens is 1. The largest absolute Gasteiger partial charge is 0.455 e. The van der Waals surface area contributed by atoms with Crippen LogP contribution in [-0.2, 0) is 0 Å². The van der Waals surface area contributed by atoms with Gasteiger partial charge in [-0.25, -0.2) is 0 Å². The Kier molecular flexibility index (Phi) is 6.84. The van der Waals surface area contributed by atoms with Crippen molar-refractivity contribution < 1.29 is 9.53 Å². The molecule has 1 N–H and O–H groups in total. The fraction of sp³-hybridized carbons (Fsp3) is 0.379. The van der Waals surface area contributed by atoms with E-state index in [0.717, 1.165) is 29.7 Å². The number of ether oxygens (including phenoxy) is 1. The quantitative estimate of drug-likeness (QED) is 0.371. The molecule has 0 aliphatic carbocycles. The lowest BCUT2D eigenvalue weighted by molar-refractivity contribution is 0.0864. The molecule has 0 atom stereocenters. The van der Waals surface area contributed by atoms with Gasteiger partial charge in [-0.15, -0.1) is 0 Å². The number of para-hydroxylation sites is 1. The number of carbonyl (C=O) groups excluding carboxylic acids is 1. The summed E-state index contributed by atoms with van der Waals surface area (Å²) in [6.45, 7) is 10.8. The van der Waals surface area contributed by atoms with Crippen molar-refractivity contribution in [3.05, 3.63) is 77.1 Å². The molecule has 3 aromatic rings. The molecular formula is C29H33ClN2O2. The van der Waals surface area contributed by atoms with Gasteiger partial charge in [0.2, 0.25) is 0 Å². The number of rotatable bonds is 6. The first kappa shape index (κ1) is 24.4. The normalized spacial score (nSPS) is 17.4. The molecule has 2 aromatic carbocycles. The third-order valence-electron chi connectivity index (χ3n) is 6.33. The van der Waals surface area contributed by atoms with Crippen molar-refractivity contribution in [3.63, 3.8) is 0 Å². The van der Waals surface area contributed by atoms with Crippen LogP contribution in [0.3, 0.4) is 0 Å². The van der Waals surface area contributed by atoms with Gasteiger partial charge in [0.25, 0.3) is 0 Å². The van der Waals surface area contributed by atoms with Crippen LogP contribution in [-0.4, -0.2) is 21.8 Å². The molecule has 0 amide bonds. The number of aryl methyl sites for hydroxylation is 1. The van der Waals surface area contributed by atoms with Crippen LogP contribution < -0.4 is 10.1 Å². The van der Waals surface area contributed by atoms with Crippen molar-refractivity contribution in [2.24, 2.45) is 5.92 Å². The monoisotopic (exact) mass is 476 g/mol. The molecule has 1 fully saturated rings. The zero-order valence-electron chi connectivity index (χ0n) is 20.6. The van der Waals surface area contributed by atoms with Gasteiger partial charge >= 0.3 is 0 Å². The van der Waals surface area contributed by atoms with Crippen molar-refractivity contribution in [2.75, 3.05) is 0 Å².